The van der Waals surface area contributed by atoms with Gasteiger partial charge in [-0.2, -0.15) is 0 Å². The zero-order valence-corrected chi connectivity index (χ0v) is 18.3. The summed E-state index contributed by atoms with van der Waals surface area (Å²) in [5.74, 6) is -0.00702. The fourth-order valence-electron chi connectivity index (χ4n) is 3.84. The molecule has 0 aromatic heterocycles. The monoisotopic (exact) mass is 442 g/mol. The summed E-state index contributed by atoms with van der Waals surface area (Å²) in [6.07, 6.45) is 3.44. The van der Waals surface area contributed by atoms with E-state index in [-0.39, 0.29) is 16.5 Å². The third-order valence-electron chi connectivity index (χ3n) is 5.68. The molecule has 1 amide bonds. The zero-order valence-electron chi connectivity index (χ0n) is 18.3. The molecule has 0 bridgehead atoms. The molecule has 3 aromatic carbocycles. The van der Waals surface area contributed by atoms with E-state index in [0.29, 0.717) is 38.4 Å². The summed E-state index contributed by atoms with van der Waals surface area (Å²) in [5, 5.41) is 14.7. The Bertz CT molecular complexity index is 1120. The molecule has 0 aliphatic carbocycles. The standard InChI is InChI=1S/C26H26N4O3/c31-26(14-11-21-7-3-1-4-8-21)29-17-15-28(16-18-29)23-12-13-25(30(32)33)24(19-23)27-20-22-9-5-2-6-10-22/h1-14,19,27H,15-18,20H2/b14-11+. The lowest BCUT2D eigenvalue weighted by molar-refractivity contribution is -0.384. The minimum Gasteiger partial charge on any atom is -0.375 e. The van der Waals surface area contributed by atoms with Crippen LogP contribution in [0.1, 0.15) is 11.1 Å². The van der Waals surface area contributed by atoms with E-state index in [1.54, 1.807) is 18.2 Å². The van der Waals surface area contributed by atoms with E-state index in [9.17, 15) is 14.9 Å². The largest absolute Gasteiger partial charge is 0.375 e. The maximum absolute atomic E-state index is 12.5. The molecular formula is C26H26N4O3. The van der Waals surface area contributed by atoms with Crippen LogP contribution in [0.25, 0.3) is 6.08 Å². The summed E-state index contributed by atoms with van der Waals surface area (Å²) in [4.78, 5) is 27.7. The smallest absolute Gasteiger partial charge is 0.292 e. The lowest BCUT2D eigenvalue weighted by atomic mass is 10.1. The topological polar surface area (TPSA) is 78.7 Å². The van der Waals surface area contributed by atoms with Gasteiger partial charge in [0.2, 0.25) is 5.91 Å². The van der Waals surface area contributed by atoms with Gasteiger partial charge in [0.1, 0.15) is 5.69 Å². The Morgan fingerprint density at radius 2 is 1.61 bits per heavy atom. The number of benzene rings is 3. The van der Waals surface area contributed by atoms with Crippen LogP contribution in [-0.4, -0.2) is 41.9 Å². The Labute approximate surface area is 193 Å². The van der Waals surface area contributed by atoms with Gasteiger partial charge in [0.25, 0.3) is 5.69 Å². The van der Waals surface area contributed by atoms with E-state index in [0.717, 1.165) is 16.8 Å². The van der Waals surface area contributed by atoms with Gasteiger partial charge < -0.3 is 15.1 Å². The number of amides is 1. The molecule has 1 heterocycles. The second-order valence-corrected chi connectivity index (χ2v) is 7.85. The number of rotatable bonds is 7. The minimum atomic E-state index is -0.368. The van der Waals surface area contributed by atoms with Crippen LogP contribution in [0.3, 0.4) is 0 Å². The molecule has 0 spiro atoms. The van der Waals surface area contributed by atoms with Crippen LogP contribution in [0.2, 0.25) is 0 Å². The molecule has 1 aliphatic rings. The van der Waals surface area contributed by atoms with E-state index in [2.05, 4.69) is 10.2 Å². The number of carbonyl (C=O) groups excluding carboxylic acids is 1. The summed E-state index contributed by atoms with van der Waals surface area (Å²) in [6, 6.07) is 24.7. The number of carbonyl (C=O) groups is 1. The average Bonchev–Trinajstić information content (AvgIpc) is 2.87. The van der Waals surface area contributed by atoms with E-state index >= 15 is 0 Å². The highest BCUT2D eigenvalue weighted by atomic mass is 16.6. The summed E-state index contributed by atoms with van der Waals surface area (Å²) in [5.41, 5.74) is 3.49. The highest BCUT2D eigenvalue weighted by molar-refractivity contribution is 5.92. The highest BCUT2D eigenvalue weighted by Crippen LogP contribution is 2.30. The lowest BCUT2D eigenvalue weighted by Crippen LogP contribution is -2.48. The number of anilines is 2. The second kappa shape index (κ2) is 10.5. The Kier molecular flexibility index (Phi) is 6.99. The SMILES string of the molecule is O=C(/C=C/c1ccccc1)N1CCN(c2ccc([N+](=O)[O-])c(NCc3ccccc3)c2)CC1. The molecule has 3 aromatic rings. The predicted octanol–water partition coefficient (Wildman–Crippen LogP) is 4.57. The molecule has 1 aliphatic heterocycles. The maximum atomic E-state index is 12.5. The number of nitro groups is 1. The summed E-state index contributed by atoms with van der Waals surface area (Å²) < 4.78 is 0. The number of piperazine rings is 1. The van der Waals surface area contributed by atoms with Gasteiger partial charge >= 0.3 is 0 Å². The van der Waals surface area contributed by atoms with Crippen molar-refractivity contribution in [3.63, 3.8) is 0 Å². The molecule has 1 N–H and O–H groups in total. The Morgan fingerprint density at radius 1 is 0.939 bits per heavy atom. The van der Waals surface area contributed by atoms with Crippen LogP contribution in [0.5, 0.6) is 0 Å². The molecule has 0 saturated carbocycles. The van der Waals surface area contributed by atoms with Crippen molar-refractivity contribution in [2.45, 2.75) is 6.54 Å². The molecule has 1 fully saturated rings. The van der Waals surface area contributed by atoms with E-state index < -0.39 is 0 Å². The molecule has 7 heteroatoms. The van der Waals surface area contributed by atoms with Crippen molar-refractivity contribution in [3.8, 4) is 0 Å². The fraction of sp³-hybridized carbons (Fsp3) is 0.192. The van der Waals surface area contributed by atoms with Gasteiger partial charge in [-0.05, 0) is 29.3 Å². The summed E-state index contributed by atoms with van der Waals surface area (Å²) in [7, 11) is 0. The first-order valence-corrected chi connectivity index (χ1v) is 10.9. The summed E-state index contributed by atoms with van der Waals surface area (Å²) >= 11 is 0. The van der Waals surface area contributed by atoms with Crippen LogP contribution in [0.4, 0.5) is 17.1 Å². The van der Waals surface area contributed by atoms with Crippen molar-refractivity contribution < 1.29 is 9.72 Å². The second-order valence-electron chi connectivity index (χ2n) is 7.85. The quantitative estimate of drug-likeness (QED) is 0.329. The molecule has 1 saturated heterocycles. The van der Waals surface area contributed by atoms with Gasteiger partial charge in [-0.3, -0.25) is 14.9 Å². The van der Waals surface area contributed by atoms with Crippen molar-refractivity contribution in [1.82, 2.24) is 4.90 Å². The zero-order chi connectivity index (χ0) is 23.0. The molecule has 7 nitrogen and oxygen atoms in total. The lowest BCUT2D eigenvalue weighted by Gasteiger charge is -2.35. The Hall–Kier alpha value is -4.13. The molecule has 0 atom stereocenters. The predicted molar refractivity (Wildman–Crippen MR) is 131 cm³/mol. The van der Waals surface area contributed by atoms with Gasteiger partial charge in [0.05, 0.1) is 4.92 Å². The highest BCUT2D eigenvalue weighted by Gasteiger charge is 2.22. The Morgan fingerprint density at radius 3 is 2.27 bits per heavy atom. The van der Waals surface area contributed by atoms with Gasteiger partial charge in [0, 0.05) is 50.6 Å². The maximum Gasteiger partial charge on any atom is 0.292 e. The minimum absolute atomic E-state index is 0.00702. The fourth-order valence-corrected chi connectivity index (χ4v) is 3.84. The van der Waals surface area contributed by atoms with Crippen molar-refractivity contribution in [1.29, 1.82) is 0 Å². The molecule has 0 unspecified atom stereocenters. The summed E-state index contributed by atoms with van der Waals surface area (Å²) in [6.45, 7) is 3.03. The first-order chi connectivity index (χ1) is 16.1. The van der Waals surface area contributed by atoms with Crippen molar-refractivity contribution in [2.75, 3.05) is 36.4 Å². The van der Waals surface area contributed by atoms with Crippen LogP contribution < -0.4 is 10.2 Å². The van der Waals surface area contributed by atoms with Crippen molar-refractivity contribution in [3.05, 3.63) is 106 Å². The molecule has 4 rings (SSSR count). The van der Waals surface area contributed by atoms with Crippen LogP contribution in [0, 0.1) is 10.1 Å². The first kappa shape index (κ1) is 22.1. The Balaban J connectivity index is 1.39. The number of nitrogens with zero attached hydrogens (tertiary/aromatic N) is 3. The van der Waals surface area contributed by atoms with E-state index in [1.165, 1.54) is 0 Å². The molecule has 33 heavy (non-hydrogen) atoms. The third-order valence-corrected chi connectivity index (χ3v) is 5.68. The third kappa shape index (κ3) is 5.77. The van der Waals surface area contributed by atoms with Crippen LogP contribution in [0.15, 0.2) is 84.9 Å². The number of nitrogens with one attached hydrogen (secondary N) is 1. The average molecular weight is 443 g/mol. The van der Waals surface area contributed by atoms with Gasteiger partial charge in [0.15, 0.2) is 0 Å². The molecule has 0 radical (unpaired) electrons. The molecular weight excluding hydrogens is 416 g/mol. The van der Waals surface area contributed by atoms with Gasteiger partial charge in [-0.1, -0.05) is 60.7 Å². The molecule has 168 valence electrons. The van der Waals surface area contributed by atoms with Crippen molar-refractivity contribution in [2.24, 2.45) is 0 Å². The van der Waals surface area contributed by atoms with E-state index in [4.69, 9.17) is 0 Å². The van der Waals surface area contributed by atoms with Gasteiger partial charge in [-0.25, -0.2) is 0 Å². The number of hydrogen-bond donors (Lipinski definition) is 1. The van der Waals surface area contributed by atoms with Crippen molar-refractivity contribution >= 4 is 29.0 Å². The van der Waals surface area contributed by atoms with Crippen LogP contribution >= 0.6 is 0 Å². The van der Waals surface area contributed by atoms with Crippen LogP contribution in [-0.2, 0) is 11.3 Å². The number of nitro benzene ring substituents is 1. The first-order valence-electron chi connectivity index (χ1n) is 10.9. The van der Waals surface area contributed by atoms with Gasteiger partial charge in [-0.15, -0.1) is 0 Å². The van der Waals surface area contributed by atoms with E-state index in [1.807, 2.05) is 77.7 Å². The normalized spacial score (nSPS) is 13.8. The number of hydrogen-bond acceptors (Lipinski definition) is 5.